The average molecular weight is 247 g/mol. The third kappa shape index (κ3) is 3.14. The number of carbonyl (C=O) groups excluding carboxylic acids is 2. The molecule has 1 saturated heterocycles. The summed E-state index contributed by atoms with van der Waals surface area (Å²) in [6, 6.07) is 0. The lowest BCUT2D eigenvalue weighted by Crippen LogP contribution is -2.31. The number of nitrogens with zero attached hydrogens (tertiary/aromatic N) is 1. The largest absolute Gasteiger partial charge is 0.299 e. The highest BCUT2D eigenvalue weighted by Crippen LogP contribution is 2.39. The van der Waals surface area contributed by atoms with Crippen molar-refractivity contribution in [3.63, 3.8) is 0 Å². The minimum Gasteiger partial charge on any atom is -0.272 e. The van der Waals surface area contributed by atoms with Gasteiger partial charge in [0, 0.05) is 4.75 Å². The van der Waals surface area contributed by atoms with E-state index >= 15 is 0 Å². The monoisotopic (exact) mass is 247 g/mol. The van der Waals surface area contributed by atoms with Gasteiger partial charge in [-0.05, 0) is 50.4 Å². The van der Waals surface area contributed by atoms with Crippen LogP contribution in [0, 0.1) is 5.92 Å². The van der Waals surface area contributed by atoms with Crippen LogP contribution in [0.2, 0.25) is 0 Å². The van der Waals surface area contributed by atoms with Crippen LogP contribution in [0.4, 0.5) is 4.79 Å². The minimum atomic E-state index is -0.202. The second-order valence-corrected chi connectivity index (χ2v) is 7.75. The van der Waals surface area contributed by atoms with Gasteiger partial charge in [-0.15, -0.1) is 0 Å². The van der Waals surface area contributed by atoms with E-state index in [1.54, 1.807) is 0 Å². The summed E-state index contributed by atoms with van der Waals surface area (Å²) in [5.74, 6) is 0.150. The lowest BCUT2D eigenvalue weighted by atomic mass is 10.1. The van der Waals surface area contributed by atoms with Crippen LogP contribution in [0.15, 0.2) is 0 Å². The Labute approximate surface area is 99.5 Å². The van der Waals surface area contributed by atoms with Gasteiger partial charge in [0.1, 0.15) is 0 Å². The molecular weight excluding hydrogens is 230 g/mol. The maximum absolute atomic E-state index is 11.9. The molecule has 3 nitrogen and oxygen atoms in total. The second-order valence-electron chi connectivity index (χ2n) is 4.88. The number of rotatable bonds is 2. The third-order valence-electron chi connectivity index (χ3n) is 1.81. The van der Waals surface area contributed by atoms with Gasteiger partial charge in [-0.25, -0.2) is 4.31 Å². The zero-order valence-corrected chi connectivity index (χ0v) is 11.4. The van der Waals surface area contributed by atoms with E-state index < -0.39 is 0 Å². The molecule has 2 amide bonds. The summed E-state index contributed by atoms with van der Waals surface area (Å²) >= 11 is 2.46. The van der Waals surface area contributed by atoms with Crippen LogP contribution in [0.1, 0.15) is 34.6 Å². The summed E-state index contributed by atoms with van der Waals surface area (Å²) < 4.78 is 1.20. The van der Waals surface area contributed by atoms with Crippen LogP contribution in [0.25, 0.3) is 0 Å². The van der Waals surface area contributed by atoms with Crippen LogP contribution < -0.4 is 0 Å². The number of hydrogen-bond donors (Lipinski definition) is 0. The molecule has 0 radical (unpaired) electrons. The molecule has 1 aliphatic heterocycles. The Bertz CT molecular complexity index is 284. The van der Waals surface area contributed by atoms with E-state index in [2.05, 4.69) is 0 Å². The maximum atomic E-state index is 11.9. The van der Waals surface area contributed by atoms with E-state index in [1.807, 2.05) is 34.6 Å². The van der Waals surface area contributed by atoms with Crippen LogP contribution in [0.5, 0.6) is 0 Å². The van der Waals surface area contributed by atoms with Gasteiger partial charge >= 0.3 is 0 Å². The summed E-state index contributed by atoms with van der Waals surface area (Å²) in [4.78, 5) is 23.5. The summed E-state index contributed by atoms with van der Waals surface area (Å²) in [5.41, 5.74) is 0. The highest BCUT2D eigenvalue weighted by Gasteiger charge is 2.43. The smallest absolute Gasteiger partial charge is 0.272 e. The molecule has 15 heavy (non-hydrogen) atoms. The first-order valence-electron chi connectivity index (χ1n) is 4.96. The Kier molecular flexibility index (Phi) is 3.76. The summed E-state index contributed by atoms with van der Waals surface area (Å²) in [5, 5.41) is -0.328. The van der Waals surface area contributed by atoms with Gasteiger partial charge in [-0.1, -0.05) is 13.8 Å². The molecule has 0 saturated carbocycles. The number of carbonyl (C=O) groups is 2. The van der Waals surface area contributed by atoms with Gasteiger partial charge in [-0.2, -0.15) is 0 Å². The van der Waals surface area contributed by atoms with Crippen molar-refractivity contribution >= 4 is 34.9 Å². The highest BCUT2D eigenvalue weighted by atomic mass is 32.2. The number of hydrogen-bond acceptors (Lipinski definition) is 4. The Morgan fingerprint density at radius 2 is 1.87 bits per heavy atom. The molecule has 1 atom stereocenters. The van der Waals surface area contributed by atoms with E-state index in [-0.39, 0.29) is 27.1 Å². The molecule has 1 aliphatic rings. The molecule has 5 heteroatoms. The van der Waals surface area contributed by atoms with Gasteiger partial charge in [0.15, 0.2) is 0 Å². The first-order chi connectivity index (χ1) is 6.72. The number of imide groups is 1. The standard InChI is InChI=1S/C10H17NO2S2/c1-6(2)7-8(12)11(9(13)14-7)15-10(3,4)5/h6-7H,1-5H3. The Balaban J connectivity index is 2.76. The predicted molar refractivity (Wildman–Crippen MR) is 65.8 cm³/mol. The summed E-state index contributed by atoms with van der Waals surface area (Å²) in [6.45, 7) is 9.91. The zero-order chi connectivity index (χ0) is 11.8. The quantitative estimate of drug-likeness (QED) is 0.702. The molecule has 0 bridgehead atoms. The summed E-state index contributed by atoms with van der Waals surface area (Å²) in [7, 11) is 0. The molecule has 0 aromatic rings. The fraction of sp³-hybridized carbons (Fsp3) is 0.800. The molecule has 1 fully saturated rings. The van der Waals surface area contributed by atoms with Crippen LogP contribution in [-0.2, 0) is 4.79 Å². The molecule has 0 aromatic carbocycles. The Morgan fingerprint density at radius 3 is 2.20 bits per heavy atom. The topological polar surface area (TPSA) is 37.4 Å². The van der Waals surface area contributed by atoms with Crippen molar-refractivity contribution in [2.24, 2.45) is 5.92 Å². The minimum absolute atomic E-state index is 0.0556. The SMILES string of the molecule is CC(C)C1SC(=O)N(SC(C)(C)C)C1=O. The molecule has 1 unspecified atom stereocenters. The molecule has 86 valence electrons. The van der Waals surface area contributed by atoms with Gasteiger partial charge < -0.3 is 0 Å². The average Bonchev–Trinajstić information content (AvgIpc) is 2.29. The van der Waals surface area contributed by atoms with Crippen molar-refractivity contribution in [2.75, 3.05) is 0 Å². The lowest BCUT2D eigenvalue weighted by molar-refractivity contribution is -0.123. The van der Waals surface area contributed by atoms with Gasteiger partial charge in [-0.3, -0.25) is 9.59 Å². The van der Waals surface area contributed by atoms with E-state index in [0.717, 1.165) is 11.8 Å². The van der Waals surface area contributed by atoms with Crippen LogP contribution in [0.3, 0.4) is 0 Å². The zero-order valence-electron chi connectivity index (χ0n) is 9.73. The van der Waals surface area contributed by atoms with Crippen LogP contribution in [-0.4, -0.2) is 25.4 Å². The Hall–Kier alpha value is -0.160. The van der Waals surface area contributed by atoms with E-state index in [1.165, 1.54) is 16.3 Å². The molecule has 0 aromatic heterocycles. The van der Waals surface area contributed by atoms with E-state index in [4.69, 9.17) is 0 Å². The lowest BCUT2D eigenvalue weighted by Gasteiger charge is -2.23. The first kappa shape index (κ1) is 12.9. The highest BCUT2D eigenvalue weighted by molar-refractivity contribution is 8.17. The predicted octanol–water partition coefficient (Wildman–Crippen LogP) is 3.15. The fourth-order valence-electron chi connectivity index (χ4n) is 1.19. The number of thioether (sulfide) groups is 1. The third-order valence-corrected chi connectivity index (χ3v) is 4.38. The Morgan fingerprint density at radius 1 is 1.33 bits per heavy atom. The fourth-order valence-corrected chi connectivity index (χ4v) is 3.20. The van der Waals surface area contributed by atoms with Gasteiger partial charge in [0.2, 0.25) is 0 Å². The van der Waals surface area contributed by atoms with Crippen molar-refractivity contribution in [2.45, 2.75) is 44.6 Å². The van der Waals surface area contributed by atoms with Crippen molar-refractivity contribution in [1.29, 1.82) is 0 Å². The molecule has 0 aliphatic carbocycles. The number of amides is 2. The first-order valence-corrected chi connectivity index (χ1v) is 6.61. The maximum Gasteiger partial charge on any atom is 0.299 e. The van der Waals surface area contributed by atoms with E-state index in [0.29, 0.717) is 0 Å². The van der Waals surface area contributed by atoms with Crippen molar-refractivity contribution in [3.8, 4) is 0 Å². The van der Waals surface area contributed by atoms with Crippen LogP contribution >= 0.6 is 23.7 Å². The van der Waals surface area contributed by atoms with Crippen molar-refractivity contribution in [3.05, 3.63) is 0 Å². The molecule has 0 spiro atoms. The second kappa shape index (κ2) is 4.37. The molecule has 1 rings (SSSR count). The molecular formula is C10H17NO2S2. The molecule has 1 heterocycles. The summed E-state index contributed by atoms with van der Waals surface area (Å²) in [6.07, 6.45) is 0. The normalized spacial score (nSPS) is 23.1. The van der Waals surface area contributed by atoms with Crippen molar-refractivity contribution < 1.29 is 9.59 Å². The van der Waals surface area contributed by atoms with Gasteiger partial charge in [0.05, 0.1) is 5.25 Å². The molecule has 0 N–H and O–H groups in total. The van der Waals surface area contributed by atoms with Crippen molar-refractivity contribution in [1.82, 2.24) is 4.31 Å². The van der Waals surface area contributed by atoms with E-state index in [9.17, 15) is 9.59 Å². The van der Waals surface area contributed by atoms with Gasteiger partial charge in [0.25, 0.3) is 11.1 Å².